The predicted molar refractivity (Wildman–Crippen MR) is 123 cm³/mol. The average Bonchev–Trinajstić information content (AvgIpc) is 2.73. The zero-order chi connectivity index (χ0) is 23.6. The molecular formula is C24H26N2O5S. The summed E-state index contributed by atoms with van der Waals surface area (Å²) in [7, 11) is -2.51. The number of anilines is 1. The molecule has 7 nitrogen and oxygen atoms in total. The smallest absolute Gasteiger partial charge is 0.270 e. The highest BCUT2D eigenvalue weighted by molar-refractivity contribution is 7.91. The molecule has 0 fully saturated rings. The Labute approximate surface area is 187 Å². The first-order valence-electron chi connectivity index (χ1n) is 10.0. The average molecular weight is 455 g/mol. The largest absolute Gasteiger partial charge is 0.497 e. The molecule has 0 unspecified atom stereocenters. The van der Waals surface area contributed by atoms with Gasteiger partial charge in [0.05, 0.1) is 12.0 Å². The first-order valence-corrected chi connectivity index (χ1v) is 11.5. The van der Waals surface area contributed by atoms with Crippen molar-refractivity contribution in [3.8, 4) is 5.75 Å². The van der Waals surface area contributed by atoms with E-state index in [4.69, 9.17) is 4.74 Å². The number of nitrogens with one attached hydrogen (secondary N) is 1. The Balaban J connectivity index is 1.98. The number of amides is 1. The number of methoxy groups -OCH3 is 1. The van der Waals surface area contributed by atoms with Crippen molar-refractivity contribution >= 4 is 21.4 Å². The normalized spacial score (nSPS) is 11.3. The number of ether oxygens (including phenoxy) is 1. The molecule has 8 heteroatoms. The molecular weight excluding hydrogens is 428 g/mol. The number of aryl methyl sites for hydroxylation is 4. The Morgan fingerprint density at radius 3 is 2.19 bits per heavy atom. The first-order chi connectivity index (χ1) is 15.0. The number of rotatable bonds is 6. The second kappa shape index (κ2) is 9.00. The molecule has 0 aliphatic rings. The summed E-state index contributed by atoms with van der Waals surface area (Å²) in [6.07, 6.45) is 0. The van der Waals surface area contributed by atoms with Gasteiger partial charge in [-0.25, -0.2) is 8.42 Å². The maximum atomic E-state index is 13.3. The Hall–Kier alpha value is -3.39. The van der Waals surface area contributed by atoms with Crippen molar-refractivity contribution in [2.75, 3.05) is 12.4 Å². The Kier molecular flexibility index (Phi) is 6.55. The lowest BCUT2D eigenvalue weighted by Gasteiger charge is -2.15. The molecule has 0 aliphatic carbocycles. The summed E-state index contributed by atoms with van der Waals surface area (Å²) in [4.78, 5) is 25.6. The third-order valence-electron chi connectivity index (χ3n) is 5.38. The second-order valence-corrected chi connectivity index (χ2v) is 9.60. The van der Waals surface area contributed by atoms with Crippen LogP contribution in [0.15, 0.2) is 63.1 Å². The maximum absolute atomic E-state index is 13.3. The molecule has 3 aromatic rings. The topological polar surface area (TPSA) is 94.5 Å². The second-order valence-electron chi connectivity index (χ2n) is 7.72. The van der Waals surface area contributed by atoms with Crippen LogP contribution in [0.4, 0.5) is 5.69 Å². The van der Waals surface area contributed by atoms with Crippen LogP contribution in [0.1, 0.15) is 22.4 Å². The number of nitrogens with zero attached hydrogens (tertiary/aromatic N) is 1. The van der Waals surface area contributed by atoms with Crippen molar-refractivity contribution in [2.45, 2.75) is 44.0 Å². The molecule has 1 N–H and O–H groups in total. The summed E-state index contributed by atoms with van der Waals surface area (Å²) < 4.78 is 32.9. The fourth-order valence-corrected chi connectivity index (χ4v) is 5.09. The summed E-state index contributed by atoms with van der Waals surface area (Å²) in [6.45, 7) is 6.65. The van der Waals surface area contributed by atoms with Crippen LogP contribution in [-0.4, -0.2) is 26.0 Å². The van der Waals surface area contributed by atoms with Gasteiger partial charge in [0.25, 0.3) is 5.56 Å². The minimum absolute atomic E-state index is 0.0545. The van der Waals surface area contributed by atoms with E-state index in [-0.39, 0.29) is 16.3 Å². The van der Waals surface area contributed by atoms with Crippen LogP contribution in [0.3, 0.4) is 0 Å². The molecule has 1 aromatic heterocycles. The minimum Gasteiger partial charge on any atom is -0.497 e. The lowest BCUT2D eigenvalue weighted by atomic mass is 10.1. The van der Waals surface area contributed by atoms with Crippen molar-refractivity contribution in [1.29, 1.82) is 0 Å². The minimum atomic E-state index is -4.06. The lowest BCUT2D eigenvalue weighted by Crippen LogP contribution is -2.33. The molecule has 1 heterocycles. The number of hydrogen-bond donors (Lipinski definition) is 1. The van der Waals surface area contributed by atoms with Crippen LogP contribution < -0.4 is 15.6 Å². The molecule has 1 amide bonds. The highest BCUT2D eigenvalue weighted by Crippen LogP contribution is 2.24. The summed E-state index contributed by atoms with van der Waals surface area (Å²) >= 11 is 0. The molecule has 0 saturated heterocycles. The van der Waals surface area contributed by atoms with E-state index in [9.17, 15) is 18.0 Å². The third kappa shape index (κ3) is 4.60. The van der Waals surface area contributed by atoms with Gasteiger partial charge in [-0.1, -0.05) is 6.07 Å². The van der Waals surface area contributed by atoms with Gasteiger partial charge in [0, 0.05) is 11.4 Å². The summed E-state index contributed by atoms with van der Waals surface area (Å²) in [5.41, 5.74) is 2.43. The number of carbonyl (C=O) groups is 1. The van der Waals surface area contributed by atoms with Crippen LogP contribution in [-0.2, 0) is 21.2 Å². The van der Waals surface area contributed by atoms with Crippen LogP contribution in [0.2, 0.25) is 0 Å². The number of aromatic nitrogens is 1. The zero-order valence-corrected chi connectivity index (χ0v) is 19.5. The van der Waals surface area contributed by atoms with Gasteiger partial charge in [0.1, 0.15) is 17.2 Å². The molecule has 0 atom stereocenters. The Bertz CT molecular complexity index is 1340. The van der Waals surface area contributed by atoms with E-state index in [2.05, 4.69) is 5.32 Å². The van der Waals surface area contributed by atoms with Gasteiger partial charge >= 0.3 is 0 Å². The van der Waals surface area contributed by atoms with E-state index in [1.165, 1.54) is 10.6 Å². The van der Waals surface area contributed by atoms with Gasteiger partial charge in [-0.2, -0.15) is 0 Å². The quantitative estimate of drug-likeness (QED) is 0.615. The van der Waals surface area contributed by atoms with Gasteiger partial charge < -0.3 is 14.6 Å². The molecule has 0 aliphatic heterocycles. The standard InChI is InChI=1S/C24H26N2O5S/c1-15-6-11-21(13-16(15)2)32(29,30)23-17(3)12-18(4)26(24(23)28)14-22(27)25-19-7-9-20(31-5)10-8-19/h6-13H,14H2,1-5H3,(H,25,27). The molecule has 0 spiro atoms. The first kappa shape index (κ1) is 23.3. The van der Waals surface area contributed by atoms with Crippen molar-refractivity contribution in [2.24, 2.45) is 0 Å². The Morgan fingerprint density at radius 2 is 1.59 bits per heavy atom. The van der Waals surface area contributed by atoms with E-state index in [1.807, 2.05) is 13.8 Å². The molecule has 3 rings (SSSR count). The van der Waals surface area contributed by atoms with Crippen molar-refractivity contribution in [3.05, 3.63) is 81.3 Å². The fourth-order valence-electron chi connectivity index (χ4n) is 3.45. The number of carbonyl (C=O) groups excluding carboxylic acids is 1. The molecule has 168 valence electrons. The number of benzene rings is 2. The molecule has 0 bridgehead atoms. The van der Waals surface area contributed by atoms with E-state index >= 15 is 0 Å². The SMILES string of the molecule is COc1ccc(NC(=O)Cn2c(C)cc(C)c(S(=O)(=O)c3ccc(C)c(C)c3)c2=O)cc1. The number of pyridine rings is 1. The molecule has 2 aromatic carbocycles. The third-order valence-corrected chi connectivity index (χ3v) is 7.29. The van der Waals surface area contributed by atoms with E-state index < -0.39 is 21.3 Å². The summed E-state index contributed by atoms with van der Waals surface area (Å²) in [5, 5.41) is 2.71. The van der Waals surface area contributed by atoms with Crippen LogP contribution in [0, 0.1) is 27.7 Å². The maximum Gasteiger partial charge on any atom is 0.270 e. The summed E-state index contributed by atoms with van der Waals surface area (Å²) in [6, 6.07) is 13.1. The highest BCUT2D eigenvalue weighted by atomic mass is 32.2. The van der Waals surface area contributed by atoms with Gasteiger partial charge in [-0.05, 0) is 86.8 Å². The number of hydrogen-bond acceptors (Lipinski definition) is 5. The molecule has 0 saturated carbocycles. The molecule has 0 radical (unpaired) electrons. The van der Waals surface area contributed by atoms with Crippen molar-refractivity contribution < 1.29 is 17.9 Å². The van der Waals surface area contributed by atoms with Gasteiger partial charge in [-0.15, -0.1) is 0 Å². The van der Waals surface area contributed by atoms with Gasteiger partial charge in [0.2, 0.25) is 15.7 Å². The van der Waals surface area contributed by atoms with Gasteiger partial charge in [0.15, 0.2) is 0 Å². The monoisotopic (exact) mass is 454 g/mol. The van der Waals surface area contributed by atoms with Crippen LogP contribution in [0.25, 0.3) is 0 Å². The zero-order valence-electron chi connectivity index (χ0n) is 18.7. The Morgan fingerprint density at radius 1 is 0.938 bits per heavy atom. The predicted octanol–water partition coefficient (Wildman–Crippen LogP) is 3.56. The van der Waals surface area contributed by atoms with Crippen LogP contribution >= 0.6 is 0 Å². The van der Waals surface area contributed by atoms with E-state index in [0.717, 1.165) is 11.1 Å². The van der Waals surface area contributed by atoms with Crippen LogP contribution in [0.5, 0.6) is 5.75 Å². The van der Waals surface area contributed by atoms with Crippen molar-refractivity contribution in [1.82, 2.24) is 4.57 Å². The lowest BCUT2D eigenvalue weighted by molar-refractivity contribution is -0.116. The van der Waals surface area contributed by atoms with Crippen molar-refractivity contribution in [3.63, 3.8) is 0 Å². The van der Waals surface area contributed by atoms with E-state index in [0.29, 0.717) is 22.7 Å². The summed E-state index contributed by atoms with van der Waals surface area (Å²) in [5.74, 6) is 0.202. The van der Waals surface area contributed by atoms with E-state index in [1.54, 1.807) is 63.4 Å². The highest BCUT2D eigenvalue weighted by Gasteiger charge is 2.26. The van der Waals surface area contributed by atoms with Gasteiger partial charge in [-0.3, -0.25) is 9.59 Å². The molecule has 32 heavy (non-hydrogen) atoms. The fraction of sp³-hybridized carbons (Fsp3) is 0.250. The number of sulfone groups is 1.